The standard InChI is InChI=1S/C15H20N2O5/c1-21-15(20)10-2-5-17-11(8-10)12(14(18)19)16-13(17)9-3-6-22-7-4-9/h9-10H,2-8H2,1H3,(H,18,19). The molecule has 1 atom stereocenters. The molecule has 1 fully saturated rings. The molecule has 2 aliphatic rings. The Labute approximate surface area is 128 Å². The maximum Gasteiger partial charge on any atom is 0.356 e. The number of carbonyl (C=O) groups excluding carboxylic acids is 1. The lowest BCUT2D eigenvalue weighted by Crippen LogP contribution is -2.29. The topological polar surface area (TPSA) is 90.7 Å². The van der Waals surface area contributed by atoms with E-state index in [2.05, 4.69) is 4.98 Å². The summed E-state index contributed by atoms with van der Waals surface area (Å²) in [4.78, 5) is 27.6. The van der Waals surface area contributed by atoms with Gasteiger partial charge in [0, 0.05) is 32.1 Å². The predicted octanol–water partition coefficient (Wildman–Crippen LogP) is 1.21. The molecule has 1 unspecified atom stereocenters. The van der Waals surface area contributed by atoms with Crippen LogP contribution in [-0.4, -0.2) is 46.9 Å². The van der Waals surface area contributed by atoms with Crippen LogP contribution in [0.2, 0.25) is 0 Å². The average molecular weight is 308 g/mol. The van der Waals surface area contributed by atoms with E-state index in [1.807, 2.05) is 4.57 Å². The summed E-state index contributed by atoms with van der Waals surface area (Å²) in [6.07, 6.45) is 2.75. The van der Waals surface area contributed by atoms with Crippen LogP contribution in [-0.2, 0) is 27.2 Å². The molecule has 0 aromatic carbocycles. The molecule has 3 rings (SSSR count). The highest BCUT2D eigenvalue weighted by Crippen LogP contribution is 2.32. The Kier molecular flexibility index (Phi) is 4.15. The molecule has 7 heteroatoms. The van der Waals surface area contributed by atoms with Crippen LogP contribution in [0.1, 0.15) is 47.2 Å². The smallest absolute Gasteiger partial charge is 0.356 e. The first-order valence-electron chi connectivity index (χ1n) is 7.60. The molecule has 0 radical (unpaired) electrons. The molecule has 1 aromatic heterocycles. The SMILES string of the molecule is COC(=O)C1CCn2c(C3CCOCC3)nc(C(=O)O)c2C1. The largest absolute Gasteiger partial charge is 0.476 e. The summed E-state index contributed by atoms with van der Waals surface area (Å²) < 4.78 is 12.2. The van der Waals surface area contributed by atoms with Crippen molar-refractivity contribution in [3.8, 4) is 0 Å². The number of aromatic nitrogens is 2. The maximum atomic E-state index is 11.8. The molecule has 3 heterocycles. The summed E-state index contributed by atoms with van der Waals surface area (Å²) in [5.74, 6) is -0.534. The lowest BCUT2D eigenvalue weighted by atomic mass is 9.94. The number of methoxy groups -OCH3 is 1. The Morgan fingerprint density at radius 1 is 1.32 bits per heavy atom. The quantitative estimate of drug-likeness (QED) is 0.844. The van der Waals surface area contributed by atoms with Gasteiger partial charge in [0.25, 0.3) is 0 Å². The summed E-state index contributed by atoms with van der Waals surface area (Å²) >= 11 is 0. The summed E-state index contributed by atoms with van der Waals surface area (Å²) in [6, 6.07) is 0. The van der Waals surface area contributed by atoms with Gasteiger partial charge in [0.1, 0.15) is 5.82 Å². The number of esters is 1. The fraction of sp³-hybridized carbons (Fsp3) is 0.667. The molecule has 22 heavy (non-hydrogen) atoms. The number of carboxylic acids is 1. The Bertz CT molecular complexity index is 589. The molecule has 1 N–H and O–H groups in total. The van der Waals surface area contributed by atoms with E-state index in [9.17, 15) is 14.7 Å². The molecule has 0 aliphatic carbocycles. The lowest BCUT2D eigenvalue weighted by Gasteiger charge is -2.27. The van der Waals surface area contributed by atoms with Gasteiger partial charge in [-0.1, -0.05) is 0 Å². The Hall–Kier alpha value is -1.89. The van der Waals surface area contributed by atoms with Crippen molar-refractivity contribution >= 4 is 11.9 Å². The van der Waals surface area contributed by atoms with Gasteiger partial charge in [-0.05, 0) is 19.3 Å². The minimum Gasteiger partial charge on any atom is -0.476 e. The van der Waals surface area contributed by atoms with E-state index in [1.54, 1.807) is 0 Å². The van der Waals surface area contributed by atoms with E-state index in [0.717, 1.165) is 18.7 Å². The van der Waals surface area contributed by atoms with Gasteiger partial charge < -0.3 is 19.1 Å². The van der Waals surface area contributed by atoms with Gasteiger partial charge >= 0.3 is 11.9 Å². The number of fused-ring (bicyclic) bond motifs is 1. The van der Waals surface area contributed by atoms with Crippen molar-refractivity contribution in [3.05, 3.63) is 17.2 Å². The normalized spacial score (nSPS) is 22.1. The summed E-state index contributed by atoms with van der Waals surface area (Å²) in [7, 11) is 1.36. The molecule has 1 aromatic rings. The van der Waals surface area contributed by atoms with Crippen molar-refractivity contribution in [2.75, 3.05) is 20.3 Å². The zero-order valence-electron chi connectivity index (χ0n) is 12.6. The van der Waals surface area contributed by atoms with Gasteiger partial charge in [0.05, 0.1) is 18.7 Å². The molecule has 7 nitrogen and oxygen atoms in total. The number of hydrogen-bond donors (Lipinski definition) is 1. The molecular weight excluding hydrogens is 288 g/mol. The van der Waals surface area contributed by atoms with Gasteiger partial charge in [-0.15, -0.1) is 0 Å². The minimum atomic E-state index is -1.03. The van der Waals surface area contributed by atoms with Crippen molar-refractivity contribution in [1.82, 2.24) is 9.55 Å². The van der Waals surface area contributed by atoms with E-state index < -0.39 is 5.97 Å². The van der Waals surface area contributed by atoms with Gasteiger partial charge in [0.2, 0.25) is 0 Å². The second-order valence-electron chi connectivity index (χ2n) is 5.82. The van der Waals surface area contributed by atoms with Crippen LogP contribution >= 0.6 is 0 Å². The van der Waals surface area contributed by atoms with Gasteiger partial charge in [0.15, 0.2) is 5.69 Å². The van der Waals surface area contributed by atoms with Crippen LogP contribution in [0.3, 0.4) is 0 Å². The molecule has 0 spiro atoms. The third-order valence-electron chi connectivity index (χ3n) is 4.57. The second-order valence-corrected chi connectivity index (χ2v) is 5.82. The van der Waals surface area contributed by atoms with E-state index in [4.69, 9.17) is 9.47 Å². The number of imidazole rings is 1. The number of nitrogens with zero attached hydrogens (tertiary/aromatic N) is 2. The first-order valence-corrected chi connectivity index (χ1v) is 7.60. The van der Waals surface area contributed by atoms with E-state index in [0.29, 0.717) is 38.3 Å². The van der Waals surface area contributed by atoms with Crippen molar-refractivity contribution in [2.45, 2.75) is 38.1 Å². The summed E-state index contributed by atoms with van der Waals surface area (Å²) in [5, 5.41) is 9.42. The van der Waals surface area contributed by atoms with E-state index in [-0.39, 0.29) is 23.5 Å². The van der Waals surface area contributed by atoms with Crippen LogP contribution in [0.25, 0.3) is 0 Å². The molecule has 0 saturated carbocycles. The molecule has 0 amide bonds. The molecular formula is C15H20N2O5. The van der Waals surface area contributed by atoms with Crippen molar-refractivity contribution < 1.29 is 24.2 Å². The number of hydrogen-bond acceptors (Lipinski definition) is 5. The number of carboxylic acid groups (broad SMARTS) is 1. The predicted molar refractivity (Wildman–Crippen MR) is 75.8 cm³/mol. The summed E-state index contributed by atoms with van der Waals surface area (Å²) in [5.41, 5.74) is 0.728. The fourth-order valence-electron chi connectivity index (χ4n) is 3.39. The first-order chi connectivity index (χ1) is 10.6. The van der Waals surface area contributed by atoms with Crippen LogP contribution in [0.15, 0.2) is 0 Å². The van der Waals surface area contributed by atoms with Gasteiger partial charge in [-0.3, -0.25) is 4.79 Å². The Morgan fingerprint density at radius 2 is 2.05 bits per heavy atom. The van der Waals surface area contributed by atoms with Crippen LogP contribution in [0.4, 0.5) is 0 Å². The molecule has 2 aliphatic heterocycles. The lowest BCUT2D eigenvalue weighted by molar-refractivity contribution is -0.146. The van der Waals surface area contributed by atoms with Crippen molar-refractivity contribution in [3.63, 3.8) is 0 Å². The minimum absolute atomic E-state index is 0.0788. The van der Waals surface area contributed by atoms with Gasteiger partial charge in [-0.2, -0.15) is 0 Å². The number of aromatic carboxylic acids is 1. The first kappa shape index (κ1) is 15.0. The number of rotatable bonds is 3. The second kappa shape index (κ2) is 6.08. The maximum absolute atomic E-state index is 11.8. The Morgan fingerprint density at radius 3 is 2.68 bits per heavy atom. The van der Waals surface area contributed by atoms with Gasteiger partial charge in [-0.25, -0.2) is 9.78 Å². The van der Waals surface area contributed by atoms with E-state index in [1.165, 1.54) is 7.11 Å². The monoisotopic (exact) mass is 308 g/mol. The van der Waals surface area contributed by atoms with Crippen LogP contribution < -0.4 is 0 Å². The Balaban J connectivity index is 1.95. The zero-order valence-corrected chi connectivity index (χ0v) is 12.6. The highest BCUT2D eigenvalue weighted by Gasteiger charge is 2.34. The summed E-state index contributed by atoms with van der Waals surface area (Å²) in [6.45, 7) is 1.97. The van der Waals surface area contributed by atoms with E-state index >= 15 is 0 Å². The number of ether oxygens (including phenoxy) is 2. The third kappa shape index (κ3) is 2.61. The van der Waals surface area contributed by atoms with Crippen molar-refractivity contribution in [1.29, 1.82) is 0 Å². The third-order valence-corrected chi connectivity index (χ3v) is 4.57. The highest BCUT2D eigenvalue weighted by atomic mass is 16.5. The molecule has 120 valence electrons. The highest BCUT2D eigenvalue weighted by molar-refractivity contribution is 5.87. The van der Waals surface area contributed by atoms with Crippen LogP contribution in [0.5, 0.6) is 0 Å². The zero-order chi connectivity index (χ0) is 15.7. The van der Waals surface area contributed by atoms with Crippen LogP contribution in [0, 0.1) is 5.92 Å². The fourth-order valence-corrected chi connectivity index (χ4v) is 3.39. The van der Waals surface area contributed by atoms with Crippen molar-refractivity contribution in [2.24, 2.45) is 5.92 Å². The number of carbonyl (C=O) groups is 2. The average Bonchev–Trinajstić information content (AvgIpc) is 2.94. The molecule has 0 bridgehead atoms. The molecule has 1 saturated heterocycles.